The van der Waals surface area contributed by atoms with Gasteiger partial charge < -0.3 is 28.7 Å². The van der Waals surface area contributed by atoms with Crippen molar-refractivity contribution in [2.24, 2.45) is 0 Å². The number of tetrazole rings is 1. The molecule has 0 aliphatic rings. The summed E-state index contributed by atoms with van der Waals surface area (Å²) >= 11 is 1.96. The fraction of sp³-hybridized carbons (Fsp3) is 0.422. The molecule has 17 nitrogen and oxygen atoms in total. The van der Waals surface area contributed by atoms with Gasteiger partial charge in [-0.05, 0) is 132 Å². The minimum Gasteiger partial charge on any atom is -0.497 e. The molecule has 1 heterocycles. The molecule has 0 aliphatic heterocycles. The van der Waals surface area contributed by atoms with Crippen LogP contribution in [-0.4, -0.2) is 102 Å². The molecule has 1 aromatic heterocycles. The number of rotatable bonds is 20. The van der Waals surface area contributed by atoms with Crippen molar-refractivity contribution in [3.63, 3.8) is 0 Å². The number of carbonyl (C=O) groups is 1. The Balaban J connectivity index is 1.66. The highest BCUT2D eigenvalue weighted by molar-refractivity contribution is 14.1. The van der Waals surface area contributed by atoms with Crippen LogP contribution in [0.2, 0.25) is 18.1 Å². The fourth-order valence-electron chi connectivity index (χ4n) is 6.28. The molecule has 2 N–H and O–H groups in total. The maximum atomic E-state index is 15.7. The Morgan fingerprint density at radius 3 is 1.73 bits per heavy atom. The van der Waals surface area contributed by atoms with Gasteiger partial charge in [0, 0.05) is 29.7 Å². The van der Waals surface area contributed by atoms with Crippen molar-refractivity contribution in [3.8, 4) is 28.6 Å². The lowest BCUT2D eigenvalue weighted by Crippen LogP contribution is -2.51. The average Bonchev–Trinajstić information content (AvgIpc) is 3.71. The standard InChI is InChI=1S/C45H60IN7O10S2Si/c1-44(2,3)62-43(54)47-26-37(63-66(10,11)45(4,5)6)27-48-64(55,56)39-25-24-38(46)40(42-49-51-53(50-42)30-33-16-22-36(61-9)23-17-33)41(39)65(57,58)52(28-31-12-18-34(59-7)19-13-31)29-32-14-20-35(60-8)21-15-32/h12-25,37,48H,26-30H2,1-11H3,(H,47,54)/t37-/m1/s1. The molecule has 0 bridgehead atoms. The lowest BCUT2D eigenvalue weighted by molar-refractivity contribution is 0.0498. The Labute approximate surface area is 403 Å². The van der Waals surface area contributed by atoms with Gasteiger partial charge in [0.1, 0.15) is 32.6 Å². The molecule has 5 aromatic rings. The smallest absolute Gasteiger partial charge is 0.407 e. The fourth-order valence-corrected chi connectivity index (χ4v) is 12.0. The molecule has 0 spiro atoms. The van der Waals surface area contributed by atoms with Crippen LogP contribution in [0.25, 0.3) is 11.4 Å². The SMILES string of the molecule is COc1ccc(CN(Cc2ccc(OC)cc2)S(=O)(=O)c2c(S(=O)(=O)NC[C@@H](CNC(=O)OC(C)(C)C)O[Si](C)(C)C(C)(C)C)ccc(I)c2-c2nnn(Cc3ccc(OC)cc3)n2)cc1. The van der Waals surface area contributed by atoms with Gasteiger partial charge >= 0.3 is 6.09 Å². The Kier molecular flexibility index (Phi) is 17.1. The van der Waals surface area contributed by atoms with E-state index in [1.54, 1.807) is 88.5 Å². The summed E-state index contributed by atoms with van der Waals surface area (Å²) in [5, 5.41) is 15.6. The predicted molar refractivity (Wildman–Crippen MR) is 262 cm³/mol. The van der Waals surface area contributed by atoms with Gasteiger partial charge in [-0.2, -0.15) is 9.10 Å². The van der Waals surface area contributed by atoms with Gasteiger partial charge in [-0.25, -0.2) is 26.4 Å². The van der Waals surface area contributed by atoms with Gasteiger partial charge in [0.05, 0.1) is 39.5 Å². The summed E-state index contributed by atoms with van der Waals surface area (Å²) < 4.78 is 93.5. The van der Waals surface area contributed by atoms with Gasteiger partial charge in [-0.15, -0.1) is 10.2 Å². The summed E-state index contributed by atoms with van der Waals surface area (Å²) in [4.78, 5) is 13.0. The lowest BCUT2D eigenvalue weighted by atomic mass is 10.2. The number of benzene rings is 4. The molecule has 5 rings (SSSR count). The second-order valence-electron chi connectivity index (χ2n) is 17.9. The zero-order valence-corrected chi connectivity index (χ0v) is 44.0. The number of sulfonamides is 2. The van der Waals surface area contributed by atoms with Crippen molar-refractivity contribution < 1.29 is 45.0 Å². The van der Waals surface area contributed by atoms with E-state index in [0.29, 0.717) is 31.9 Å². The third kappa shape index (κ3) is 13.7. The largest absolute Gasteiger partial charge is 0.497 e. The normalized spacial score (nSPS) is 13.0. The van der Waals surface area contributed by atoms with E-state index in [0.717, 1.165) is 5.56 Å². The van der Waals surface area contributed by atoms with Crippen LogP contribution in [0, 0.1) is 3.57 Å². The number of ether oxygens (including phenoxy) is 4. The number of aromatic nitrogens is 4. The summed E-state index contributed by atoms with van der Waals surface area (Å²) in [6, 6.07) is 23.8. The first-order valence-corrected chi connectivity index (χ1v) is 27.9. The number of halogens is 1. The molecule has 0 aliphatic carbocycles. The van der Waals surface area contributed by atoms with Gasteiger partial charge in [-0.3, -0.25) is 0 Å². The van der Waals surface area contributed by atoms with Crippen molar-refractivity contribution in [1.29, 1.82) is 0 Å². The monoisotopic (exact) mass is 1080 g/mol. The average molecular weight is 1080 g/mol. The van der Waals surface area contributed by atoms with Gasteiger partial charge in [-0.1, -0.05) is 57.2 Å². The summed E-state index contributed by atoms with van der Waals surface area (Å²) in [5.74, 6) is 1.69. The van der Waals surface area contributed by atoms with Gasteiger partial charge in [0.15, 0.2) is 8.32 Å². The first-order chi connectivity index (χ1) is 30.8. The topological polar surface area (TPSA) is 202 Å². The third-order valence-corrected chi connectivity index (χ3v) is 19.7. The van der Waals surface area contributed by atoms with E-state index in [9.17, 15) is 13.2 Å². The van der Waals surface area contributed by atoms with E-state index in [1.807, 2.05) is 68.6 Å². The van der Waals surface area contributed by atoms with E-state index in [1.165, 1.54) is 35.5 Å². The minimum absolute atomic E-state index is 0.0606. The molecule has 0 fully saturated rings. The number of hydrogen-bond donors (Lipinski definition) is 2. The maximum absolute atomic E-state index is 15.7. The Bertz CT molecular complexity index is 2610. The van der Waals surface area contributed by atoms with Crippen LogP contribution in [-0.2, 0) is 48.8 Å². The van der Waals surface area contributed by atoms with Crippen molar-refractivity contribution in [3.05, 3.63) is 105 Å². The van der Waals surface area contributed by atoms with Crippen LogP contribution >= 0.6 is 22.6 Å². The third-order valence-electron chi connectivity index (χ3n) is 10.8. The van der Waals surface area contributed by atoms with E-state index < -0.39 is 56.0 Å². The van der Waals surface area contributed by atoms with Crippen LogP contribution in [0.3, 0.4) is 0 Å². The van der Waals surface area contributed by atoms with E-state index in [2.05, 4.69) is 25.4 Å². The van der Waals surface area contributed by atoms with Crippen molar-refractivity contribution in [2.75, 3.05) is 34.4 Å². The number of methoxy groups -OCH3 is 3. The second kappa shape index (κ2) is 21.5. The second-order valence-corrected chi connectivity index (χ2v) is 27.5. The zero-order valence-electron chi connectivity index (χ0n) is 39.2. The minimum atomic E-state index is -4.81. The van der Waals surface area contributed by atoms with Gasteiger partial charge in [0.2, 0.25) is 25.9 Å². The molecule has 0 unspecified atom stereocenters. The number of hydrogen-bond acceptors (Lipinski definition) is 13. The number of amides is 1. The quantitative estimate of drug-likeness (QED) is 0.0571. The molecule has 0 radical (unpaired) electrons. The molecule has 1 atom stereocenters. The molecule has 358 valence electrons. The van der Waals surface area contributed by atoms with E-state index >= 15 is 8.42 Å². The van der Waals surface area contributed by atoms with Gasteiger partial charge in [0.25, 0.3) is 0 Å². The van der Waals surface area contributed by atoms with Crippen molar-refractivity contribution in [2.45, 2.75) is 101 Å². The number of carbonyl (C=O) groups excluding carboxylic acids is 1. The van der Waals surface area contributed by atoms with Crippen molar-refractivity contribution in [1.82, 2.24) is 34.6 Å². The summed E-state index contributed by atoms with van der Waals surface area (Å²) in [6.45, 7) is 14.7. The molecular formula is C45H60IN7O10S2Si. The Morgan fingerprint density at radius 2 is 1.26 bits per heavy atom. The maximum Gasteiger partial charge on any atom is 0.407 e. The molecule has 21 heteroatoms. The summed E-state index contributed by atoms with van der Waals surface area (Å²) in [7, 11) is -7.47. The molecular weight excluding hydrogens is 1020 g/mol. The Morgan fingerprint density at radius 1 is 0.758 bits per heavy atom. The first kappa shape index (κ1) is 52.3. The summed E-state index contributed by atoms with van der Waals surface area (Å²) in [6.07, 6.45) is -1.58. The van der Waals surface area contributed by atoms with Crippen LogP contribution in [0.4, 0.5) is 4.79 Å². The predicted octanol–water partition coefficient (Wildman–Crippen LogP) is 7.60. The van der Waals surface area contributed by atoms with Crippen LogP contribution in [0.5, 0.6) is 17.2 Å². The number of alkyl carbamates (subject to hydrolysis) is 1. The number of nitrogens with one attached hydrogen (secondary N) is 2. The van der Waals surface area contributed by atoms with Crippen LogP contribution in [0.15, 0.2) is 94.7 Å². The highest BCUT2D eigenvalue weighted by Crippen LogP contribution is 2.39. The molecule has 1 amide bonds. The van der Waals surface area contributed by atoms with Crippen LogP contribution < -0.4 is 24.2 Å². The molecule has 66 heavy (non-hydrogen) atoms. The lowest BCUT2D eigenvalue weighted by Gasteiger charge is -2.39. The Hall–Kier alpha value is -4.65. The number of nitrogens with zero attached hydrogens (tertiary/aromatic N) is 5. The molecule has 4 aromatic carbocycles. The van der Waals surface area contributed by atoms with Crippen molar-refractivity contribution >= 4 is 57.0 Å². The molecule has 0 saturated heterocycles. The van der Waals surface area contributed by atoms with E-state index in [-0.39, 0.29) is 49.1 Å². The van der Waals surface area contributed by atoms with E-state index in [4.69, 9.17) is 23.4 Å². The zero-order chi connectivity index (χ0) is 48.7. The highest BCUT2D eigenvalue weighted by atomic mass is 127. The van der Waals surface area contributed by atoms with Crippen LogP contribution in [0.1, 0.15) is 58.2 Å². The molecule has 0 saturated carbocycles. The highest BCUT2D eigenvalue weighted by Gasteiger charge is 2.41. The summed E-state index contributed by atoms with van der Waals surface area (Å²) in [5.41, 5.74) is 1.18. The first-order valence-electron chi connectivity index (χ1n) is 21.0.